The molecule has 0 radical (unpaired) electrons. The molecule has 2 aromatic heterocycles. The molecule has 0 atom stereocenters. The molecule has 0 unspecified atom stereocenters. The average Bonchev–Trinajstić information content (AvgIpc) is 3.10. The van der Waals surface area contributed by atoms with Crippen LogP contribution >= 0.6 is 12.2 Å². The Labute approximate surface area is 149 Å². The predicted molar refractivity (Wildman–Crippen MR) is 98.5 cm³/mol. The third-order valence-corrected chi connectivity index (χ3v) is 3.49. The summed E-state index contributed by atoms with van der Waals surface area (Å²) in [4.78, 5) is 4.19. The highest BCUT2D eigenvalue weighted by Gasteiger charge is 2.04. The fourth-order valence-electron chi connectivity index (χ4n) is 2.09. The highest BCUT2D eigenvalue weighted by molar-refractivity contribution is 7.80. The standard InChI is InChI=1S/C18H15FN4OS/c19-14-5-3-4-13(10-14)17-8-7-16(24-17)12-22-23-18(25)21-11-15-6-1-2-9-20-15/h1-10,12H,11H2,(H2,21,23,25). The fourth-order valence-corrected chi connectivity index (χ4v) is 2.21. The summed E-state index contributed by atoms with van der Waals surface area (Å²) in [5.74, 6) is 0.784. The molecule has 0 spiro atoms. The smallest absolute Gasteiger partial charge is 0.187 e. The van der Waals surface area contributed by atoms with Crippen LogP contribution in [0.4, 0.5) is 4.39 Å². The van der Waals surface area contributed by atoms with Gasteiger partial charge in [-0.25, -0.2) is 4.39 Å². The van der Waals surface area contributed by atoms with Crippen molar-refractivity contribution in [2.45, 2.75) is 6.54 Å². The van der Waals surface area contributed by atoms with Crippen molar-refractivity contribution in [2.75, 3.05) is 0 Å². The van der Waals surface area contributed by atoms with E-state index in [4.69, 9.17) is 16.6 Å². The van der Waals surface area contributed by atoms with Crippen LogP contribution in [0.25, 0.3) is 11.3 Å². The Morgan fingerprint density at radius 3 is 2.92 bits per heavy atom. The van der Waals surface area contributed by atoms with Gasteiger partial charge >= 0.3 is 0 Å². The molecule has 1 aromatic carbocycles. The number of halogens is 1. The predicted octanol–water partition coefficient (Wildman–Crippen LogP) is 3.48. The lowest BCUT2D eigenvalue weighted by Gasteiger charge is -2.05. The van der Waals surface area contributed by atoms with Crippen LogP contribution in [0, 0.1) is 5.82 Å². The van der Waals surface area contributed by atoms with E-state index in [-0.39, 0.29) is 5.82 Å². The van der Waals surface area contributed by atoms with Gasteiger partial charge in [-0.3, -0.25) is 10.4 Å². The van der Waals surface area contributed by atoms with E-state index in [9.17, 15) is 4.39 Å². The van der Waals surface area contributed by atoms with Gasteiger partial charge in [0, 0.05) is 11.8 Å². The summed E-state index contributed by atoms with van der Waals surface area (Å²) in [5, 5.41) is 7.38. The third kappa shape index (κ3) is 4.95. The molecular formula is C18H15FN4OS. The zero-order chi connectivity index (χ0) is 17.5. The Morgan fingerprint density at radius 2 is 2.12 bits per heavy atom. The molecule has 3 aromatic rings. The van der Waals surface area contributed by atoms with Gasteiger partial charge in [-0.2, -0.15) is 5.10 Å². The van der Waals surface area contributed by atoms with Crippen LogP contribution in [0.15, 0.2) is 70.3 Å². The summed E-state index contributed by atoms with van der Waals surface area (Å²) < 4.78 is 18.8. The number of pyridine rings is 1. The number of furan rings is 1. The maximum Gasteiger partial charge on any atom is 0.187 e. The Kier molecular flexibility index (Phi) is 5.48. The lowest BCUT2D eigenvalue weighted by atomic mass is 10.2. The molecule has 0 fully saturated rings. The first-order valence-electron chi connectivity index (χ1n) is 7.53. The molecule has 0 aliphatic rings. The Balaban J connectivity index is 1.51. The van der Waals surface area contributed by atoms with Gasteiger partial charge in [0.25, 0.3) is 0 Å². The van der Waals surface area contributed by atoms with Crippen molar-refractivity contribution in [1.82, 2.24) is 15.7 Å². The lowest BCUT2D eigenvalue weighted by Crippen LogP contribution is -2.31. The molecule has 0 aliphatic heterocycles. The van der Waals surface area contributed by atoms with Gasteiger partial charge in [-0.05, 0) is 48.6 Å². The van der Waals surface area contributed by atoms with Gasteiger partial charge in [0.1, 0.15) is 17.3 Å². The number of thiocarbonyl (C=S) groups is 1. The number of hydrogen-bond donors (Lipinski definition) is 2. The molecule has 0 saturated heterocycles. The van der Waals surface area contributed by atoms with Crippen LogP contribution in [0.5, 0.6) is 0 Å². The summed E-state index contributed by atoms with van der Waals surface area (Å²) >= 11 is 5.13. The molecular weight excluding hydrogens is 339 g/mol. The van der Waals surface area contributed by atoms with Crippen LogP contribution in [0.1, 0.15) is 11.5 Å². The molecule has 0 bridgehead atoms. The fraction of sp³-hybridized carbons (Fsp3) is 0.0556. The highest BCUT2D eigenvalue weighted by atomic mass is 32.1. The minimum absolute atomic E-state index is 0.310. The largest absolute Gasteiger partial charge is 0.455 e. The molecule has 0 saturated carbocycles. The van der Waals surface area contributed by atoms with Crippen molar-refractivity contribution in [3.63, 3.8) is 0 Å². The van der Waals surface area contributed by atoms with Gasteiger partial charge in [-0.15, -0.1) is 0 Å². The van der Waals surface area contributed by atoms with Crippen molar-refractivity contribution in [1.29, 1.82) is 0 Å². The van der Waals surface area contributed by atoms with Crippen molar-refractivity contribution in [3.05, 3.63) is 78.1 Å². The number of rotatable bonds is 5. The summed E-state index contributed by atoms with van der Waals surface area (Å²) in [6, 6.07) is 15.4. The zero-order valence-corrected chi connectivity index (χ0v) is 14.0. The summed E-state index contributed by atoms with van der Waals surface area (Å²) in [6.07, 6.45) is 3.22. The SMILES string of the molecule is Fc1cccc(-c2ccc(C=NNC(=S)NCc3ccccn3)o2)c1. The van der Waals surface area contributed by atoms with E-state index in [0.717, 1.165) is 5.69 Å². The van der Waals surface area contributed by atoms with Crippen LogP contribution in [0.3, 0.4) is 0 Å². The minimum atomic E-state index is -0.310. The molecule has 3 rings (SSSR count). The Morgan fingerprint density at radius 1 is 1.20 bits per heavy atom. The van der Waals surface area contributed by atoms with E-state index in [2.05, 4.69) is 20.8 Å². The van der Waals surface area contributed by atoms with Crippen molar-refractivity contribution >= 4 is 23.5 Å². The van der Waals surface area contributed by atoms with Crippen LogP contribution in [-0.2, 0) is 6.54 Å². The number of benzene rings is 1. The monoisotopic (exact) mass is 354 g/mol. The van der Waals surface area contributed by atoms with Crippen LogP contribution in [-0.4, -0.2) is 16.3 Å². The van der Waals surface area contributed by atoms with Gasteiger partial charge in [-0.1, -0.05) is 18.2 Å². The lowest BCUT2D eigenvalue weighted by molar-refractivity contribution is 0.572. The van der Waals surface area contributed by atoms with E-state index in [1.165, 1.54) is 18.3 Å². The summed E-state index contributed by atoms with van der Waals surface area (Å²) in [7, 11) is 0. The second kappa shape index (κ2) is 8.16. The second-order valence-electron chi connectivity index (χ2n) is 5.09. The molecule has 0 aliphatic carbocycles. The minimum Gasteiger partial charge on any atom is -0.455 e. The van der Waals surface area contributed by atoms with Crippen molar-refractivity contribution in [2.24, 2.45) is 5.10 Å². The normalized spacial score (nSPS) is 10.8. The number of hydrazone groups is 1. The first-order chi connectivity index (χ1) is 12.2. The highest BCUT2D eigenvalue weighted by Crippen LogP contribution is 2.22. The molecule has 5 nitrogen and oxygen atoms in total. The topological polar surface area (TPSA) is 62.5 Å². The van der Waals surface area contributed by atoms with Crippen LogP contribution < -0.4 is 10.7 Å². The maximum atomic E-state index is 13.2. The van der Waals surface area contributed by atoms with E-state index in [1.807, 2.05) is 18.2 Å². The van der Waals surface area contributed by atoms with Gasteiger partial charge in [0.05, 0.1) is 18.5 Å². The first-order valence-corrected chi connectivity index (χ1v) is 7.94. The quantitative estimate of drug-likeness (QED) is 0.417. The van der Waals surface area contributed by atoms with Crippen molar-refractivity contribution < 1.29 is 8.81 Å². The Hall–Kier alpha value is -3.06. The van der Waals surface area contributed by atoms with Gasteiger partial charge in [0.2, 0.25) is 0 Å². The average molecular weight is 354 g/mol. The molecule has 7 heteroatoms. The van der Waals surface area contributed by atoms with Gasteiger partial charge in [0.15, 0.2) is 5.11 Å². The summed E-state index contributed by atoms with van der Waals surface area (Å²) in [6.45, 7) is 0.507. The molecule has 2 N–H and O–H groups in total. The van der Waals surface area contributed by atoms with Crippen LogP contribution in [0.2, 0.25) is 0 Å². The third-order valence-electron chi connectivity index (χ3n) is 3.25. The maximum absolute atomic E-state index is 13.2. The molecule has 2 heterocycles. The zero-order valence-electron chi connectivity index (χ0n) is 13.1. The van der Waals surface area contributed by atoms with E-state index < -0.39 is 0 Å². The van der Waals surface area contributed by atoms with E-state index >= 15 is 0 Å². The van der Waals surface area contributed by atoms with E-state index in [0.29, 0.717) is 28.7 Å². The first kappa shape index (κ1) is 16.8. The van der Waals surface area contributed by atoms with Gasteiger partial charge < -0.3 is 9.73 Å². The summed E-state index contributed by atoms with van der Waals surface area (Å²) in [5.41, 5.74) is 4.24. The number of nitrogens with one attached hydrogen (secondary N) is 2. The molecule has 25 heavy (non-hydrogen) atoms. The number of hydrogen-bond acceptors (Lipinski definition) is 4. The van der Waals surface area contributed by atoms with Crippen molar-refractivity contribution in [3.8, 4) is 11.3 Å². The molecule has 0 amide bonds. The number of aromatic nitrogens is 1. The van der Waals surface area contributed by atoms with E-state index in [1.54, 1.807) is 30.5 Å². The number of nitrogens with zero attached hydrogens (tertiary/aromatic N) is 2. The second-order valence-corrected chi connectivity index (χ2v) is 5.49. The molecule has 126 valence electrons. The Bertz CT molecular complexity index is 880.